The van der Waals surface area contributed by atoms with Crippen LogP contribution in [0, 0.1) is 6.57 Å². The Morgan fingerprint density at radius 3 is 1.43 bits per heavy atom. The Morgan fingerprint density at radius 1 is 0.367 bits per heavy atom. The summed E-state index contributed by atoms with van der Waals surface area (Å²) in [6.07, 6.45) is 0. The normalized spacial score (nSPS) is 11.7. The lowest BCUT2D eigenvalue weighted by molar-refractivity contribution is 0.669. The highest BCUT2D eigenvalue weighted by molar-refractivity contribution is 6.26. The van der Waals surface area contributed by atoms with E-state index in [0.29, 0.717) is 5.69 Å². The number of hydrogen-bond donors (Lipinski definition) is 0. The molecule has 10 rings (SSSR count). The Hall–Kier alpha value is -6.69. The van der Waals surface area contributed by atoms with Crippen LogP contribution in [0.15, 0.2) is 168 Å². The van der Waals surface area contributed by atoms with Crippen molar-refractivity contribution < 1.29 is 4.42 Å². The maximum Gasteiger partial charge on any atom is 0.202 e. The van der Waals surface area contributed by atoms with E-state index in [0.717, 1.165) is 60.2 Å². The van der Waals surface area contributed by atoms with Crippen LogP contribution in [0.1, 0.15) is 0 Å². The molecule has 226 valence electrons. The van der Waals surface area contributed by atoms with Gasteiger partial charge in [0.2, 0.25) is 5.69 Å². The van der Waals surface area contributed by atoms with Gasteiger partial charge < -0.3 is 4.42 Å². The topological polar surface area (TPSA) is 17.5 Å². The number of hydrogen-bond acceptors (Lipinski definition) is 1. The van der Waals surface area contributed by atoms with Crippen molar-refractivity contribution in [3.05, 3.63) is 175 Å². The number of nitrogens with zero attached hydrogens (tertiary/aromatic N) is 1. The summed E-state index contributed by atoms with van der Waals surface area (Å²) < 4.78 is 6.59. The molecule has 1 heterocycles. The highest BCUT2D eigenvalue weighted by Gasteiger charge is 2.21. The molecule has 0 radical (unpaired) electrons. The van der Waals surface area contributed by atoms with Crippen molar-refractivity contribution in [2.75, 3.05) is 0 Å². The van der Waals surface area contributed by atoms with Crippen LogP contribution in [0.3, 0.4) is 0 Å². The SMILES string of the molecule is [C-]#[N+]c1c2ccccc2c(-c2ccc3oc4cccc(-c5c6ccccc6c(-c6ccccc6)c6ccccc56)c4c3c2)c2ccccc12. The summed E-state index contributed by atoms with van der Waals surface area (Å²) in [5.41, 5.74) is 9.48. The van der Waals surface area contributed by atoms with Gasteiger partial charge in [0.25, 0.3) is 0 Å². The molecular formula is C47H27NO. The third kappa shape index (κ3) is 4.00. The van der Waals surface area contributed by atoms with Gasteiger partial charge >= 0.3 is 0 Å². The van der Waals surface area contributed by atoms with Gasteiger partial charge in [-0.15, -0.1) is 0 Å². The maximum absolute atomic E-state index is 8.06. The van der Waals surface area contributed by atoms with E-state index in [1.165, 1.54) is 38.2 Å². The predicted molar refractivity (Wildman–Crippen MR) is 206 cm³/mol. The summed E-state index contributed by atoms with van der Waals surface area (Å²) in [6, 6.07) is 57.9. The molecule has 0 spiro atoms. The molecule has 0 saturated heterocycles. The van der Waals surface area contributed by atoms with E-state index in [1.54, 1.807) is 0 Å². The summed E-state index contributed by atoms with van der Waals surface area (Å²) in [5, 5.41) is 11.2. The molecule has 0 fully saturated rings. The van der Waals surface area contributed by atoms with Crippen molar-refractivity contribution >= 4 is 70.7 Å². The summed E-state index contributed by atoms with van der Waals surface area (Å²) >= 11 is 0. The van der Waals surface area contributed by atoms with Gasteiger partial charge in [-0.1, -0.05) is 146 Å². The van der Waals surface area contributed by atoms with Crippen molar-refractivity contribution in [1.82, 2.24) is 0 Å². The highest BCUT2D eigenvalue weighted by Crippen LogP contribution is 2.48. The first-order chi connectivity index (χ1) is 24.3. The van der Waals surface area contributed by atoms with Gasteiger partial charge in [0.15, 0.2) is 0 Å². The number of fused-ring (bicyclic) bond motifs is 7. The predicted octanol–water partition coefficient (Wildman–Crippen LogP) is 13.8. The van der Waals surface area contributed by atoms with Crippen molar-refractivity contribution in [2.24, 2.45) is 0 Å². The molecule has 0 unspecified atom stereocenters. The number of rotatable bonds is 3. The molecule has 0 bridgehead atoms. The summed E-state index contributed by atoms with van der Waals surface area (Å²) in [7, 11) is 0. The molecule has 0 aliphatic heterocycles. The first kappa shape index (κ1) is 27.4. The second kappa shape index (κ2) is 10.7. The van der Waals surface area contributed by atoms with Gasteiger partial charge in [0, 0.05) is 10.8 Å². The van der Waals surface area contributed by atoms with Crippen LogP contribution in [0.5, 0.6) is 0 Å². The zero-order chi connectivity index (χ0) is 32.5. The van der Waals surface area contributed by atoms with Crippen molar-refractivity contribution in [2.45, 2.75) is 0 Å². The standard InChI is InChI=1S/C47H27NO/c1-48-47-37-22-11-9-20-35(37)44(36-21-10-12-23-38(36)47)30-26-27-41-40(28-30)46-39(24-13-25-42(46)49-41)45-33-18-7-5-16-31(33)43(29-14-3-2-4-15-29)32-17-6-8-19-34(32)45/h2-28H. The average molecular weight is 622 g/mol. The average Bonchev–Trinajstić information content (AvgIpc) is 3.54. The smallest absolute Gasteiger partial charge is 0.202 e. The third-order valence-corrected chi connectivity index (χ3v) is 10.1. The maximum atomic E-state index is 8.06. The lowest BCUT2D eigenvalue weighted by Gasteiger charge is -2.18. The molecule has 49 heavy (non-hydrogen) atoms. The Labute approximate surface area is 282 Å². The second-order valence-corrected chi connectivity index (χ2v) is 12.6. The van der Waals surface area contributed by atoms with Crippen molar-refractivity contribution in [1.29, 1.82) is 0 Å². The Bertz CT molecular complexity index is 2880. The largest absolute Gasteiger partial charge is 0.456 e. The fraction of sp³-hybridized carbons (Fsp3) is 0. The number of furan rings is 1. The minimum Gasteiger partial charge on any atom is -0.456 e. The molecule has 10 aromatic rings. The monoisotopic (exact) mass is 621 g/mol. The quantitative estimate of drug-likeness (QED) is 0.142. The first-order valence-corrected chi connectivity index (χ1v) is 16.6. The molecular weight excluding hydrogens is 595 g/mol. The van der Waals surface area contributed by atoms with E-state index in [9.17, 15) is 0 Å². The first-order valence-electron chi connectivity index (χ1n) is 16.6. The molecule has 0 atom stereocenters. The minimum atomic E-state index is 0.699. The Morgan fingerprint density at radius 2 is 0.857 bits per heavy atom. The second-order valence-electron chi connectivity index (χ2n) is 12.6. The van der Waals surface area contributed by atoms with Crippen LogP contribution in [0.2, 0.25) is 0 Å². The van der Waals surface area contributed by atoms with Crippen LogP contribution < -0.4 is 0 Å². The zero-order valence-electron chi connectivity index (χ0n) is 26.4. The molecule has 0 aliphatic rings. The van der Waals surface area contributed by atoms with Gasteiger partial charge in [-0.3, -0.25) is 0 Å². The van der Waals surface area contributed by atoms with E-state index in [-0.39, 0.29) is 0 Å². The van der Waals surface area contributed by atoms with Crippen LogP contribution in [-0.2, 0) is 0 Å². The molecule has 1 aromatic heterocycles. The van der Waals surface area contributed by atoms with Gasteiger partial charge in [-0.2, -0.15) is 0 Å². The van der Waals surface area contributed by atoms with E-state index in [1.807, 2.05) is 12.1 Å². The molecule has 0 amide bonds. The van der Waals surface area contributed by atoms with Crippen molar-refractivity contribution in [3.8, 4) is 33.4 Å². The van der Waals surface area contributed by atoms with Crippen LogP contribution in [-0.4, -0.2) is 0 Å². The molecule has 0 aliphatic carbocycles. The van der Waals surface area contributed by atoms with E-state index in [4.69, 9.17) is 11.0 Å². The molecule has 9 aromatic carbocycles. The molecule has 0 saturated carbocycles. The summed E-state index contributed by atoms with van der Waals surface area (Å²) in [5.74, 6) is 0. The zero-order valence-corrected chi connectivity index (χ0v) is 26.4. The van der Waals surface area contributed by atoms with Gasteiger partial charge in [0.1, 0.15) is 11.2 Å². The summed E-state index contributed by atoms with van der Waals surface area (Å²) in [6.45, 7) is 8.06. The van der Waals surface area contributed by atoms with Crippen LogP contribution in [0.25, 0.3) is 103 Å². The third-order valence-electron chi connectivity index (χ3n) is 10.1. The Kier molecular flexibility index (Phi) is 5.97. The molecule has 0 N–H and O–H groups in total. The van der Waals surface area contributed by atoms with E-state index in [2.05, 4.69) is 157 Å². The van der Waals surface area contributed by atoms with Crippen molar-refractivity contribution in [3.63, 3.8) is 0 Å². The van der Waals surface area contributed by atoms with Gasteiger partial charge in [-0.05, 0) is 94.7 Å². The lowest BCUT2D eigenvalue weighted by atomic mass is 9.85. The molecule has 2 heteroatoms. The van der Waals surface area contributed by atoms with Crippen LogP contribution in [0.4, 0.5) is 5.69 Å². The van der Waals surface area contributed by atoms with E-state index >= 15 is 0 Å². The van der Waals surface area contributed by atoms with Gasteiger partial charge in [-0.25, -0.2) is 4.85 Å². The van der Waals surface area contributed by atoms with Gasteiger partial charge in [0.05, 0.1) is 6.57 Å². The Balaban J connectivity index is 1.32. The van der Waals surface area contributed by atoms with Crippen LogP contribution >= 0.6 is 0 Å². The fourth-order valence-corrected chi connectivity index (χ4v) is 8.06. The highest BCUT2D eigenvalue weighted by atomic mass is 16.3. The fourth-order valence-electron chi connectivity index (χ4n) is 8.06. The van der Waals surface area contributed by atoms with E-state index < -0.39 is 0 Å². The number of benzene rings is 9. The lowest BCUT2D eigenvalue weighted by Crippen LogP contribution is -1.91. The minimum absolute atomic E-state index is 0.699. The summed E-state index contributed by atoms with van der Waals surface area (Å²) in [4.78, 5) is 4.00. The molecule has 2 nitrogen and oxygen atoms in total.